The summed E-state index contributed by atoms with van der Waals surface area (Å²) in [6.45, 7) is 3.79. The Hall–Kier alpha value is -2.05. The van der Waals surface area contributed by atoms with Crippen molar-refractivity contribution < 1.29 is 22.1 Å². The number of benzene rings is 2. The van der Waals surface area contributed by atoms with Crippen LogP contribution in [-0.2, 0) is 19.7 Å². The third-order valence-corrected chi connectivity index (χ3v) is 7.28. The van der Waals surface area contributed by atoms with Gasteiger partial charge in [0.25, 0.3) is 10.1 Å². The summed E-state index contributed by atoms with van der Waals surface area (Å²) >= 11 is 0. The molecule has 6 heteroatoms. The van der Waals surface area contributed by atoms with Gasteiger partial charge in [-0.25, -0.2) is 0 Å². The summed E-state index contributed by atoms with van der Waals surface area (Å²) < 4.78 is 42.0. The predicted octanol–water partition coefficient (Wildman–Crippen LogP) is 4.99. The number of methoxy groups -OCH3 is 2. The molecule has 2 aromatic carbocycles. The number of aryl methyl sites for hydroxylation is 1. The third-order valence-electron chi connectivity index (χ3n) is 5.84. The van der Waals surface area contributed by atoms with Crippen molar-refractivity contribution in [2.45, 2.75) is 56.3 Å². The van der Waals surface area contributed by atoms with E-state index < -0.39 is 15.5 Å². The van der Waals surface area contributed by atoms with Crippen molar-refractivity contribution in [2.75, 3.05) is 20.8 Å². The van der Waals surface area contributed by atoms with Gasteiger partial charge in [-0.05, 0) is 56.0 Å². The van der Waals surface area contributed by atoms with Gasteiger partial charge in [0.05, 0.1) is 25.7 Å². The minimum atomic E-state index is -3.84. The first-order valence-electron chi connectivity index (χ1n) is 10.1. The van der Waals surface area contributed by atoms with E-state index in [4.69, 9.17) is 13.7 Å². The summed E-state index contributed by atoms with van der Waals surface area (Å²) in [5.74, 6) is 1.31. The fraction of sp³-hybridized carbons (Fsp3) is 0.478. The van der Waals surface area contributed by atoms with Crippen LogP contribution in [0.1, 0.15) is 55.7 Å². The minimum absolute atomic E-state index is 0.110. The van der Waals surface area contributed by atoms with E-state index in [-0.39, 0.29) is 11.5 Å². The molecule has 29 heavy (non-hydrogen) atoms. The van der Waals surface area contributed by atoms with Crippen molar-refractivity contribution in [1.82, 2.24) is 0 Å². The molecule has 1 saturated carbocycles. The lowest BCUT2D eigenvalue weighted by molar-refractivity contribution is 0.322. The smallest absolute Gasteiger partial charge is 0.297 e. The van der Waals surface area contributed by atoms with Crippen molar-refractivity contribution in [1.29, 1.82) is 0 Å². The maximum absolute atomic E-state index is 12.9. The number of hydrogen-bond acceptors (Lipinski definition) is 5. The lowest BCUT2D eigenvalue weighted by atomic mass is 9.65. The standard InChI is InChI=1S/C23H30O5S/c1-5-28-29(24,25)22-12-9-17(2)15-19(22)23(13-7-6-8-14-23)18-10-11-20(26-3)21(16-18)27-4/h9-12,15-16H,5-8,13-14H2,1-4H3. The van der Waals surface area contributed by atoms with Gasteiger partial charge in [-0.2, -0.15) is 8.42 Å². The Bertz CT molecular complexity index is 959. The molecule has 0 unspecified atom stereocenters. The first-order chi connectivity index (χ1) is 13.9. The highest BCUT2D eigenvalue weighted by Gasteiger charge is 2.40. The molecule has 158 valence electrons. The van der Waals surface area contributed by atoms with Crippen LogP contribution in [0.25, 0.3) is 0 Å². The second-order valence-electron chi connectivity index (χ2n) is 7.57. The van der Waals surface area contributed by atoms with Crippen LogP contribution in [0.5, 0.6) is 11.5 Å². The first-order valence-corrected chi connectivity index (χ1v) is 11.5. The van der Waals surface area contributed by atoms with Crippen LogP contribution < -0.4 is 9.47 Å². The fourth-order valence-corrected chi connectivity index (χ4v) is 5.65. The fourth-order valence-electron chi connectivity index (χ4n) is 4.46. The van der Waals surface area contributed by atoms with Crippen molar-refractivity contribution in [3.8, 4) is 11.5 Å². The molecule has 0 spiro atoms. The van der Waals surface area contributed by atoms with E-state index in [1.165, 1.54) is 0 Å². The van der Waals surface area contributed by atoms with E-state index in [1.807, 2.05) is 37.3 Å². The molecule has 5 nitrogen and oxygen atoms in total. The van der Waals surface area contributed by atoms with Crippen molar-refractivity contribution in [3.63, 3.8) is 0 Å². The Labute approximate surface area is 174 Å². The van der Waals surface area contributed by atoms with E-state index in [1.54, 1.807) is 27.2 Å². The zero-order valence-electron chi connectivity index (χ0n) is 17.7. The monoisotopic (exact) mass is 418 g/mol. The molecular weight excluding hydrogens is 388 g/mol. The highest BCUT2D eigenvalue weighted by atomic mass is 32.2. The second kappa shape index (κ2) is 8.76. The molecule has 0 aromatic heterocycles. The van der Waals surface area contributed by atoms with Crippen molar-refractivity contribution in [3.05, 3.63) is 53.1 Å². The Morgan fingerprint density at radius 2 is 1.62 bits per heavy atom. The van der Waals surface area contributed by atoms with Gasteiger partial charge in [0.2, 0.25) is 0 Å². The van der Waals surface area contributed by atoms with E-state index in [9.17, 15) is 8.42 Å². The average Bonchev–Trinajstić information content (AvgIpc) is 2.73. The zero-order chi connectivity index (χ0) is 21.1. The molecule has 0 N–H and O–H groups in total. The molecule has 0 atom stereocenters. The van der Waals surface area contributed by atoms with Crippen LogP contribution in [0, 0.1) is 6.92 Å². The van der Waals surface area contributed by atoms with Crippen molar-refractivity contribution in [2.24, 2.45) is 0 Å². The summed E-state index contributed by atoms with van der Waals surface area (Å²) in [5, 5.41) is 0. The average molecular weight is 419 g/mol. The molecule has 3 rings (SSSR count). The van der Waals surface area contributed by atoms with Crippen LogP contribution in [0.4, 0.5) is 0 Å². The lowest BCUT2D eigenvalue weighted by Crippen LogP contribution is -2.32. The normalized spacial score (nSPS) is 16.4. The van der Waals surface area contributed by atoms with Crippen molar-refractivity contribution >= 4 is 10.1 Å². The molecule has 0 radical (unpaired) electrons. The number of hydrogen-bond donors (Lipinski definition) is 0. The molecule has 0 bridgehead atoms. The SMILES string of the molecule is CCOS(=O)(=O)c1ccc(C)cc1C1(c2ccc(OC)c(OC)c2)CCCCC1. The first kappa shape index (κ1) is 21.7. The topological polar surface area (TPSA) is 61.8 Å². The zero-order valence-corrected chi connectivity index (χ0v) is 18.5. The van der Waals surface area contributed by atoms with E-state index >= 15 is 0 Å². The van der Waals surface area contributed by atoms with E-state index in [0.29, 0.717) is 11.5 Å². The Kier molecular flexibility index (Phi) is 6.54. The molecule has 0 amide bonds. The second-order valence-corrected chi connectivity index (χ2v) is 9.16. The van der Waals surface area contributed by atoms with Gasteiger partial charge in [0.15, 0.2) is 11.5 Å². The van der Waals surface area contributed by atoms with Crippen LogP contribution in [0.3, 0.4) is 0 Å². The highest BCUT2D eigenvalue weighted by Crippen LogP contribution is 2.49. The Morgan fingerprint density at radius 3 is 2.24 bits per heavy atom. The van der Waals surface area contributed by atoms with Gasteiger partial charge >= 0.3 is 0 Å². The van der Waals surface area contributed by atoms with Crippen LogP contribution in [-0.4, -0.2) is 29.2 Å². The van der Waals surface area contributed by atoms with Crippen LogP contribution >= 0.6 is 0 Å². The minimum Gasteiger partial charge on any atom is -0.493 e. The van der Waals surface area contributed by atoms with Crippen LogP contribution in [0.15, 0.2) is 41.3 Å². The molecule has 2 aromatic rings. The van der Waals surface area contributed by atoms with E-state index in [2.05, 4.69) is 0 Å². The molecule has 0 aliphatic heterocycles. The van der Waals surface area contributed by atoms with Gasteiger partial charge in [-0.15, -0.1) is 0 Å². The quantitative estimate of drug-likeness (QED) is 0.593. The van der Waals surface area contributed by atoms with Crippen LogP contribution in [0.2, 0.25) is 0 Å². The molecule has 0 saturated heterocycles. The predicted molar refractivity (Wildman–Crippen MR) is 113 cm³/mol. The largest absolute Gasteiger partial charge is 0.493 e. The Morgan fingerprint density at radius 1 is 0.931 bits per heavy atom. The molecule has 1 aliphatic rings. The number of ether oxygens (including phenoxy) is 2. The van der Waals surface area contributed by atoms with Gasteiger partial charge in [0.1, 0.15) is 0 Å². The lowest BCUT2D eigenvalue weighted by Gasteiger charge is -2.40. The molecule has 1 fully saturated rings. The maximum atomic E-state index is 12.9. The van der Waals surface area contributed by atoms with Gasteiger partial charge in [-0.3, -0.25) is 4.18 Å². The molecule has 1 aliphatic carbocycles. The highest BCUT2D eigenvalue weighted by molar-refractivity contribution is 7.86. The van der Waals surface area contributed by atoms with Gasteiger partial charge in [-0.1, -0.05) is 43.0 Å². The van der Waals surface area contributed by atoms with Gasteiger partial charge < -0.3 is 9.47 Å². The molecule has 0 heterocycles. The summed E-state index contributed by atoms with van der Waals surface area (Å²) in [7, 11) is -0.607. The maximum Gasteiger partial charge on any atom is 0.297 e. The summed E-state index contributed by atoms with van der Waals surface area (Å²) in [6, 6.07) is 11.5. The molecular formula is C23H30O5S. The Balaban J connectivity index is 2.27. The summed E-state index contributed by atoms with van der Waals surface area (Å²) in [5.41, 5.74) is 2.48. The van der Waals surface area contributed by atoms with E-state index in [0.717, 1.165) is 48.8 Å². The summed E-state index contributed by atoms with van der Waals surface area (Å²) in [6.07, 6.45) is 4.97. The number of rotatable bonds is 7. The summed E-state index contributed by atoms with van der Waals surface area (Å²) in [4.78, 5) is 0.265. The van der Waals surface area contributed by atoms with Gasteiger partial charge in [0, 0.05) is 5.41 Å². The third kappa shape index (κ3) is 4.14.